The third kappa shape index (κ3) is 2.93. The third-order valence-corrected chi connectivity index (χ3v) is 5.08. The molecule has 146 valence electrons. The van der Waals surface area contributed by atoms with Crippen LogP contribution in [-0.2, 0) is 6.54 Å². The van der Waals surface area contributed by atoms with Crippen LogP contribution in [0.5, 0.6) is 0 Å². The van der Waals surface area contributed by atoms with Gasteiger partial charge in [0, 0.05) is 5.56 Å². The summed E-state index contributed by atoms with van der Waals surface area (Å²) in [4.78, 5) is 43.4. The van der Waals surface area contributed by atoms with Gasteiger partial charge in [0.2, 0.25) is 0 Å². The lowest BCUT2D eigenvalue weighted by Crippen LogP contribution is -2.29. The first-order chi connectivity index (χ1) is 14.6. The van der Waals surface area contributed by atoms with E-state index in [4.69, 9.17) is 0 Å². The smallest absolute Gasteiger partial charge is 0.270 e. The molecule has 0 radical (unpaired) electrons. The van der Waals surface area contributed by atoms with Gasteiger partial charge in [-0.05, 0) is 42.0 Å². The van der Waals surface area contributed by atoms with Gasteiger partial charge in [0.1, 0.15) is 6.33 Å². The molecule has 7 nitrogen and oxygen atoms in total. The number of aromatic nitrogens is 2. The van der Waals surface area contributed by atoms with Gasteiger partial charge in [0.15, 0.2) is 0 Å². The zero-order valence-corrected chi connectivity index (χ0v) is 15.8. The summed E-state index contributed by atoms with van der Waals surface area (Å²) < 4.78 is 1.56. The van der Waals surface area contributed by atoms with Crippen molar-refractivity contribution in [3.63, 3.8) is 0 Å². The van der Waals surface area contributed by atoms with Crippen LogP contribution in [0.15, 0.2) is 79.1 Å². The molecule has 0 fully saturated rings. The van der Waals surface area contributed by atoms with E-state index in [-0.39, 0.29) is 24.3 Å². The number of hydrogen-bond donors (Lipinski definition) is 1. The monoisotopic (exact) mass is 396 g/mol. The highest BCUT2D eigenvalue weighted by molar-refractivity contribution is 6.21. The lowest BCUT2D eigenvalue weighted by Gasteiger charge is -2.14. The molecule has 0 bridgehead atoms. The summed E-state index contributed by atoms with van der Waals surface area (Å²) in [5.74, 6) is -0.965. The average molecular weight is 396 g/mol. The lowest BCUT2D eigenvalue weighted by molar-refractivity contribution is 0.0642. The van der Waals surface area contributed by atoms with Crippen molar-refractivity contribution in [2.75, 3.05) is 5.43 Å². The topological polar surface area (TPSA) is 84.3 Å². The minimum absolute atomic E-state index is 0.0987. The molecule has 1 aromatic heterocycles. The Balaban J connectivity index is 1.36. The van der Waals surface area contributed by atoms with Crippen LogP contribution < -0.4 is 5.43 Å². The zero-order chi connectivity index (χ0) is 20.7. The second kappa shape index (κ2) is 6.97. The summed E-state index contributed by atoms with van der Waals surface area (Å²) >= 11 is 0. The minimum atomic E-state index is -0.324. The molecule has 0 atom stereocenters. The standard InChI is InChI=1S/C23H16N4O3/c28-21(25-27-14-24-19-10-3-4-11-20(19)27)16-7-5-6-15(12-16)13-26-22(29)17-8-1-2-9-18(17)23(26)30/h1-12,14H,13H2,(H,25,28). The van der Waals surface area contributed by atoms with Gasteiger partial charge in [-0.3, -0.25) is 24.7 Å². The number of carbonyl (C=O) groups is 3. The van der Waals surface area contributed by atoms with Crippen molar-refractivity contribution in [3.05, 3.63) is 101 Å². The summed E-state index contributed by atoms with van der Waals surface area (Å²) in [5.41, 5.74) is 6.28. The van der Waals surface area contributed by atoms with E-state index in [9.17, 15) is 14.4 Å². The Labute approximate surface area is 171 Å². The maximum Gasteiger partial charge on any atom is 0.270 e. The van der Waals surface area contributed by atoms with Gasteiger partial charge in [-0.25, -0.2) is 9.66 Å². The normalized spacial score (nSPS) is 13.0. The second-order valence-electron chi connectivity index (χ2n) is 6.99. The van der Waals surface area contributed by atoms with E-state index in [1.54, 1.807) is 59.5 Å². The van der Waals surface area contributed by atoms with Crippen LogP contribution in [-0.4, -0.2) is 32.3 Å². The van der Waals surface area contributed by atoms with Gasteiger partial charge in [0.25, 0.3) is 17.7 Å². The third-order valence-electron chi connectivity index (χ3n) is 5.08. The fourth-order valence-electron chi connectivity index (χ4n) is 3.60. The summed E-state index contributed by atoms with van der Waals surface area (Å²) in [6, 6.07) is 21.1. The highest BCUT2D eigenvalue weighted by Gasteiger charge is 2.34. The Hall–Kier alpha value is -4.26. The molecule has 5 rings (SSSR count). The molecule has 7 heteroatoms. The quantitative estimate of drug-likeness (QED) is 0.537. The Kier molecular flexibility index (Phi) is 4.14. The van der Waals surface area contributed by atoms with E-state index < -0.39 is 0 Å². The minimum Gasteiger partial charge on any atom is -0.270 e. The molecule has 0 unspecified atom stereocenters. The van der Waals surface area contributed by atoms with Gasteiger partial charge >= 0.3 is 0 Å². The first kappa shape index (κ1) is 17.8. The fourth-order valence-corrected chi connectivity index (χ4v) is 3.60. The Morgan fingerprint density at radius 1 is 0.867 bits per heavy atom. The van der Waals surface area contributed by atoms with E-state index in [0.29, 0.717) is 22.3 Å². The molecule has 2 heterocycles. The van der Waals surface area contributed by atoms with Crippen molar-refractivity contribution in [2.45, 2.75) is 6.54 Å². The average Bonchev–Trinajstić information content (AvgIpc) is 3.29. The number of imidazole rings is 1. The molecule has 1 N–H and O–H groups in total. The highest BCUT2D eigenvalue weighted by atomic mass is 16.2. The Bertz CT molecular complexity index is 1290. The number of amides is 3. The number of nitrogens with zero attached hydrogens (tertiary/aromatic N) is 3. The van der Waals surface area contributed by atoms with E-state index in [1.165, 1.54) is 4.90 Å². The maximum atomic E-state index is 12.7. The van der Waals surface area contributed by atoms with Crippen LogP contribution in [0.3, 0.4) is 0 Å². The molecule has 0 spiro atoms. The molecule has 3 aromatic carbocycles. The predicted molar refractivity (Wildman–Crippen MR) is 111 cm³/mol. The first-order valence-corrected chi connectivity index (χ1v) is 9.39. The molecular weight excluding hydrogens is 380 g/mol. The molecule has 0 saturated carbocycles. The number of para-hydroxylation sites is 2. The maximum absolute atomic E-state index is 12.7. The van der Waals surface area contributed by atoms with Crippen LogP contribution in [0.4, 0.5) is 0 Å². The molecular formula is C23H16N4O3. The van der Waals surface area contributed by atoms with Gasteiger partial charge in [-0.2, -0.15) is 0 Å². The van der Waals surface area contributed by atoms with Crippen molar-refractivity contribution < 1.29 is 14.4 Å². The van der Waals surface area contributed by atoms with E-state index >= 15 is 0 Å². The molecule has 30 heavy (non-hydrogen) atoms. The molecule has 1 aliphatic rings. The number of benzene rings is 3. The Morgan fingerprint density at radius 2 is 1.57 bits per heavy atom. The van der Waals surface area contributed by atoms with Crippen LogP contribution in [0.2, 0.25) is 0 Å². The van der Waals surface area contributed by atoms with Gasteiger partial charge in [0.05, 0.1) is 28.7 Å². The number of hydrogen-bond acceptors (Lipinski definition) is 4. The van der Waals surface area contributed by atoms with Crippen LogP contribution in [0, 0.1) is 0 Å². The summed E-state index contributed by atoms with van der Waals surface area (Å²) in [6.07, 6.45) is 1.55. The number of rotatable bonds is 4. The zero-order valence-electron chi connectivity index (χ0n) is 15.8. The van der Waals surface area contributed by atoms with Crippen molar-refractivity contribution in [1.29, 1.82) is 0 Å². The van der Waals surface area contributed by atoms with E-state index in [0.717, 1.165) is 11.0 Å². The second-order valence-corrected chi connectivity index (χ2v) is 6.99. The highest BCUT2D eigenvalue weighted by Crippen LogP contribution is 2.24. The van der Waals surface area contributed by atoms with Crippen LogP contribution in [0.25, 0.3) is 11.0 Å². The fraction of sp³-hybridized carbons (Fsp3) is 0.0435. The molecule has 1 aliphatic heterocycles. The molecule has 0 aliphatic carbocycles. The van der Waals surface area contributed by atoms with Crippen LogP contribution in [0.1, 0.15) is 36.6 Å². The largest absolute Gasteiger partial charge is 0.270 e. The summed E-state index contributed by atoms with van der Waals surface area (Å²) in [7, 11) is 0. The van der Waals surface area contributed by atoms with E-state index in [1.807, 2.05) is 24.3 Å². The van der Waals surface area contributed by atoms with Gasteiger partial charge in [-0.15, -0.1) is 0 Å². The van der Waals surface area contributed by atoms with Crippen molar-refractivity contribution in [1.82, 2.24) is 14.6 Å². The van der Waals surface area contributed by atoms with Crippen LogP contribution >= 0.6 is 0 Å². The first-order valence-electron chi connectivity index (χ1n) is 9.39. The summed E-state index contributed by atoms with van der Waals surface area (Å²) in [6.45, 7) is 0.0987. The van der Waals surface area contributed by atoms with Gasteiger partial charge in [-0.1, -0.05) is 36.4 Å². The van der Waals surface area contributed by atoms with Crippen molar-refractivity contribution in [3.8, 4) is 0 Å². The molecule has 3 amide bonds. The molecule has 0 saturated heterocycles. The van der Waals surface area contributed by atoms with Gasteiger partial charge < -0.3 is 0 Å². The number of carbonyl (C=O) groups excluding carboxylic acids is 3. The Morgan fingerprint density at radius 3 is 2.33 bits per heavy atom. The number of nitrogens with one attached hydrogen (secondary N) is 1. The van der Waals surface area contributed by atoms with Crippen molar-refractivity contribution in [2.24, 2.45) is 0 Å². The SMILES string of the molecule is O=C(Nn1cnc2ccccc21)c1cccc(CN2C(=O)c3ccccc3C2=O)c1. The number of fused-ring (bicyclic) bond motifs is 2. The molecule has 4 aromatic rings. The number of imide groups is 1. The lowest BCUT2D eigenvalue weighted by atomic mass is 10.1. The predicted octanol–water partition coefficient (Wildman–Crippen LogP) is 3.22. The van der Waals surface area contributed by atoms with Crippen molar-refractivity contribution >= 4 is 28.8 Å². The van der Waals surface area contributed by atoms with E-state index in [2.05, 4.69) is 10.4 Å². The summed E-state index contributed by atoms with van der Waals surface area (Å²) in [5, 5.41) is 0.